The number of aromatic nitrogens is 7. The molecule has 0 spiro atoms. The molecule has 5 rings (SSSR count). The van der Waals surface area contributed by atoms with Crippen molar-refractivity contribution in [3.05, 3.63) is 54.9 Å². The first-order valence-electron chi connectivity index (χ1n) is 8.15. The fourth-order valence-corrected chi connectivity index (χ4v) is 4.66. The zero-order valence-corrected chi connectivity index (χ0v) is 15.8. The second-order valence-electron chi connectivity index (χ2n) is 5.98. The number of fused-ring (bicyclic) bond motifs is 2. The highest BCUT2D eigenvalue weighted by Gasteiger charge is 2.20. The SMILES string of the molecule is O=S(=O)(Nc1cnn(Cn2nnc3ccccc32)c1)c1cccc2nsnc12. The van der Waals surface area contributed by atoms with Gasteiger partial charge in [-0.15, -0.1) is 5.10 Å². The zero-order valence-electron chi connectivity index (χ0n) is 14.2. The number of rotatable bonds is 5. The van der Waals surface area contributed by atoms with Gasteiger partial charge in [0.2, 0.25) is 0 Å². The van der Waals surface area contributed by atoms with Gasteiger partial charge in [-0.2, -0.15) is 13.8 Å². The first kappa shape index (κ1) is 16.8. The monoisotopic (exact) mass is 412 g/mol. The van der Waals surface area contributed by atoms with Crippen LogP contribution in [0.5, 0.6) is 0 Å². The molecule has 12 heteroatoms. The van der Waals surface area contributed by atoms with Crippen molar-refractivity contribution in [1.29, 1.82) is 0 Å². The number of para-hydroxylation sites is 1. The Bertz CT molecular complexity index is 1400. The maximum atomic E-state index is 12.8. The van der Waals surface area contributed by atoms with Crippen molar-refractivity contribution in [3.63, 3.8) is 0 Å². The molecule has 5 aromatic rings. The number of nitrogens with one attached hydrogen (secondary N) is 1. The molecular formula is C16H12N8O2S2. The van der Waals surface area contributed by atoms with Crippen LogP contribution in [-0.2, 0) is 16.7 Å². The minimum absolute atomic E-state index is 0.0776. The van der Waals surface area contributed by atoms with E-state index in [1.54, 1.807) is 27.7 Å². The molecule has 3 aromatic heterocycles. The van der Waals surface area contributed by atoms with Crippen molar-refractivity contribution in [2.24, 2.45) is 0 Å². The van der Waals surface area contributed by atoms with Crippen LogP contribution in [0.1, 0.15) is 0 Å². The predicted octanol–water partition coefficient (Wildman–Crippen LogP) is 1.94. The second-order valence-corrected chi connectivity index (χ2v) is 8.16. The normalized spacial score (nSPS) is 12.0. The molecule has 0 bridgehead atoms. The summed E-state index contributed by atoms with van der Waals surface area (Å²) in [5.41, 5.74) is 2.87. The first-order valence-corrected chi connectivity index (χ1v) is 10.4. The van der Waals surface area contributed by atoms with Gasteiger partial charge in [-0.1, -0.05) is 23.4 Å². The lowest BCUT2D eigenvalue weighted by Gasteiger charge is -2.06. The van der Waals surface area contributed by atoms with Gasteiger partial charge >= 0.3 is 0 Å². The average molecular weight is 412 g/mol. The van der Waals surface area contributed by atoms with Crippen LogP contribution >= 0.6 is 11.7 Å². The van der Waals surface area contributed by atoms with E-state index in [2.05, 4.69) is 28.9 Å². The van der Waals surface area contributed by atoms with Crippen LogP contribution in [0, 0.1) is 0 Å². The molecule has 3 heterocycles. The molecule has 140 valence electrons. The minimum atomic E-state index is -3.83. The molecule has 10 nitrogen and oxygen atoms in total. The standard InChI is InChI=1S/C16H12N8O2S2/c25-28(26,15-7-3-5-13-16(15)20-27-19-13)21-11-8-17-23(9-11)10-24-14-6-2-1-4-12(14)18-22-24/h1-9,21H,10H2. The van der Waals surface area contributed by atoms with Crippen molar-refractivity contribution in [2.75, 3.05) is 4.72 Å². The Morgan fingerprint density at radius 1 is 1.04 bits per heavy atom. The summed E-state index contributed by atoms with van der Waals surface area (Å²) in [6.07, 6.45) is 3.03. The van der Waals surface area contributed by atoms with Crippen LogP contribution in [0.25, 0.3) is 22.1 Å². The largest absolute Gasteiger partial charge is 0.276 e. The summed E-state index contributed by atoms with van der Waals surface area (Å²) in [7, 11) is -3.83. The quantitative estimate of drug-likeness (QED) is 0.468. The predicted molar refractivity (Wildman–Crippen MR) is 103 cm³/mol. The number of hydrogen-bond acceptors (Lipinski definition) is 8. The molecule has 2 aromatic carbocycles. The molecule has 0 aliphatic carbocycles. The summed E-state index contributed by atoms with van der Waals surface area (Å²) in [5, 5.41) is 12.4. The van der Waals surface area contributed by atoms with Crippen molar-refractivity contribution < 1.29 is 8.42 Å². The average Bonchev–Trinajstić information content (AvgIpc) is 3.42. The molecule has 28 heavy (non-hydrogen) atoms. The number of anilines is 1. The van der Waals surface area contributed by atoms with E-state index >= 15 is 0 Å². The van der Waals surface area contributed by atoms with Gasteiger partial charge in [0.25, 0.3) is 10.0 Å². The Morgan fingerprint density at radius 3 is 2.82 bits per heavy atom. The molecule has 1 N–H and O–H groups in total. The molecule has 0 aliphatic heterocycles. The van der Waals surface area contributed by atoms with Crippen LogP contribution in [0.2, 0.25) is 0 Å². The number of nitrogens with zero attached hydrogens (tertiary/aromatic N) is 7. The smallest absolute Gasteiger partial charge is 0.264 e. The van der Waals surface area contributed by atoms with E-state index < -0.39 is 10.0 Å². The maximum Gasteiger partial charge on any atom is 0.264 e. The summed E-state index contributed by atoms with van der Waals surface area (Å²) in [5.74, 6) is 0. The fraction of sp³-hybridized carbons (Fsp3) is 0.0625. The van der Waals surface area contributed by atoms with E-state index in [9.17, 15) is 8.42 Å². The van der Waals surface area contributed by atoms with Crippen LogP contribution < -0.4 is 4.72 Å². The summed E-state index contributed by atoms with van der Waals surface area (Å²) in [4.78, 5) is 0.0776. The second kappa shape index (κ2) is 6.35. The molecular weight excluding hydrogens is 400 g/mol. The van der Waals surface area contributed by atoms with Gasteiger partial charge in [0, 0.05) is 0 Å². The Balaban J connectivity index is 1.41. The Morgan fingerprint density at radius 2 is 1.89 bits per heavy atom. The molecule has 0 unspecified atom stereocenters. The van der Waals surface area contributed by atoms with Gasteiger partial charge in [-0.05, 0) is 24.3 Å². The molecule has 0 fully saturated rings. The summed E-state index contributed by atoms with van der Waals surface area (Å²) >= 11 is 0.972. The Labute approximate surface area is 162 Å². The van der Waals surface area contributed by atoms with Crippen molar-refractivity contribution in [3.8, 4) is 0 Å². The lowest BCUT2D eigenvalue weighted by Crippen LogP contribution is -2.13. The summed E-state index contributed by atoms with van der Waals surface area (Å²) in [6.45, 7) is 0.299. The highest BCUT2D eigenvalue weighted by atomic mass is 32.2. The van der Waals surface area contributed by atoms with Crippen LogP contribution in [-0.4, -0.2) is 41.9 Å². The van der Waals surface area contributed by atoms with Gasteiger partial charge in [0.15, 0.2) is 0 Å². The highest BCUT2D eigenvalue weighted by Crippen LogP contribution is 2.23. The Kier molecular flexibility index (Phi) is 3.80. The molecule has 0 saturated carbocycles. The summed E-state index contributed by atoms with van der Waals surface area (Å²) in [6, 6.07) is 12.4. The first-order chi connectivity index (χ1) is 13.6. The van der Waals surface area contributed by atoms with Crippen LogP contribution in [0.3, 0.4) is 0 Å². The van der Waals surface area contributed by atoms with Gasteiger partial charge in [-0.3, -0.25) is 4.72 Å². The molecule has 0 saturated heterocycles. The minimum Gasteiger partial charge on any atom is -0.276 e. The zero-order chi connectivity index (χ0) is 19.1. The third-order valence-corrected chi connectivity index (χ3v) is 6.08. The third kappa shape index (κ3) is 2.88. The van der Waals surface area contributed by atoms with Crippen molar-refractivity contribution in [1.82, 2.24) is 33.5 Å². The van der Waals surface area contributed by atoms with E-state index in [1.165, 1.54) is 12.3 Å². The fourth-order valence-electron chi connectivity index (χ4n) is 2.86. The van der Waals surface area contributed by atoms with E-state index in [4.69, 9.17) is 0 Å². The van der Waals surface area contributed by atoms with E-state index in [1.807, 2.05) is 24.3 Å². The third-order valence-electron chi connectivity index (χ3n) is 4.12. The van der Waals surface area contributed by atoms with E-state index in [0.717, 1.165) is 22.8 Å². The number of benzene rings is 2. The number of hydrogen-bond donors (Lipinski definition) is 1. The van der Waals surface area contributed by atoms with Crippen LogP contribution in [0.15, 0.2) is 59.8 Å². The molecule has 0 amide bonds. The topological polar surface area (TPSA) is 120 Å². The Hall–Kier alpha value is -3.38. The van der Waals surface area contributed by atoms with E-state index in [0.29, 0.717) is 23.4 Å². The van der Waals surface area contributed by atoms with E-state index in [-0.39, 0.29) is 4.90 Å². The van der Waals surface area contributed by atoms with Crippen molar-refractivity contribution >= 4 is 49.5 Å². The van der Waals surface area contributed by atoms with Gasteiger partial charge in [0.1, 0.15) is 28.1 Å². The van der Waals surface area contributed by atoms with Gasteiger partial charge < -0.3 is 0 Å². The summed E-state index contributed by atoms with van der Waals surface area (Å²) < 4.78 is 39.5. The molecule has 0 atom stereocenters. The van der Waals surface area contributed by atoms with Gasteiger partial charge in [-0.25, -0.2) is 17.8 Å². The van der Waals surface area contributed by atoms with Crippen LogP contribution in [0.4, 0.5) is 5.69 Å². The van der Waals surface area contributed by atoms with Crippen molar-refractivity contribution in [2.45, 2.75) is 11.6 Å². The molecule has 0 aliphatic rings. The van der Waals surface area contributed by atoms with Gasteiger partial charge in [0.05, 0.1) is 35.3 Å². The highest BCUT2D eigenvalue weighted by molar-refractivity contribution is 7.93. The maximum absolute atomic E-state index is 12.8. The lowest BCUT2D eigenvalue weighted by atomic mass is 10.3. The lowest BCUT2D eigenvalue weighted by molar-refractivity contribution is 0.502. The number of sulfonamides is 1. The molecule has 0 radical (unpaired) electrons.